The maximum absolute atomic E-state index is 12.3. The summed E-state index contributed by atoms with van der Waals surface area (Å²) in [5.74, 6) is -3.18. The lowest BCUT2D eigenvalue weighted by molar-refractivity contribution is -0.313. The monoisotopic (exact) mass is 320 g/mol. The summed E-state index contributed by atoms with van der Waals surface area (Å²) in [5, 5.41) is 14.7. The Morgan fingerprint density at radius 3 is 2.41 bits per heavy atom. The van der Waals surface area contributed by atoms with E-state index in [0.29, 0.717) is 18.0 Å². The van der Waals surface area contributed by atoms with Crippen LogP contribution in [-0.2, 0) is 20.7 Å². The Hall–Kier alpha value is -1.85. The summed E-state index contributed by atoms with van der Waals surface area (Å²) in [6.07, 6.45) is 3.05. The maximum atomic E-state index is 12.3. The Morgan fingerprint density at radius 2 is 1.77 bits per heavy atom. The highest BCUT2D eigenvalue weighted by Gasteiger charge is 2.50. The van der Waals surface area contributed by atoms with E-state index in [2.05, 4.69) is 5.32 Å². The van der Waals surface area contributed by atoms with Gasteiger partial charge in [-0.05, 0) is 24.1 Å². The topological polar surface area (TPSA) is 78.5 Å². The van der Waals surface area contributed by atoms with Crippen molar-refractivity contribution in [3.8, 4) is 0 Å². The van der Waals surface area contributed by atoms with Crippen molar-refractivity contribution in [1.29, 1.82) is 0 Å². The second kappa shape index (κ2) is 6.10. The van der Waals surface area contributed by atoms with Crippen molar-refractivity contribution in [2.75, 3.05) is 6.54 Å². The Balaban J connectivity index is 1.56. The summed E-state index contributed by atoms with van der Waals surface area (Å²) in [4.78, 5) is 23.5. The molecule has 0 saturated carbocycles. The van der Waals surface area contributed by atoms with E-state index in [-0.39, 0.29) is 5.91 Å². The highest BCUT2D eigenvalue weighted by molar-refractivity contribution is 6.30. The summed E-state index contributed by atoms with van der Waals surface area (Å²) in [7, 11) is 0. The largest absolute Gasteiger partial charge is 0.550 e. The molecule has 0 aliphatic carbocycles. The molecule has 0 aromatic heterocycles. The highest BCUT2D eigenvalue weighted by Crippen LogP contribution is 2.38. The fourth-order valence-corrected chi connectivity index (χ4v) is 3.13. The van der Waals surface area contributed by atoms with Gasteiger partial charge >= 0.3 is 0 Å². The minimum Gasteiger partial charge on any atom is -0.550 e. The van der Waals surface area contributed by atoms with Crippen LogP contribution in [0.4, 0.5) is 0 Å². The molecule has 1 aromatic carbocycles. The number of ether oxygens (including phenoxy) is 1. The standard InChI is InChI=1S/C16H16ClNO4/c17-10-3-1-9(2-4-10)7-8-18-15(19)13-11-5-6-12(22-11)14(13)16(20)21/h1-6,11-14H,7-8H2,(H,18,19)(H,20,21)/p-1/t11-,12+,13-,14+/m1/s1. The van der Waals surface area contributed by atoms with Gasteiger partial charge in [0.1, 0.15) is 0 Å². The summed E-state index contributed by atoms with van der Waals surface area (Å²) in [6, 6.07) is 7.36. The number of carbonyl (C=O) groups is 2. The van der Waals surface area contributed by atoms with Crippen LogP contribution < -0.4 is 10.4 Å². The van der Waals surface area contributed by atoms with E-state index in [1.165, 1.54) is 0 Å². The van der Waals surface area contributed by atoms with E-state index in [4.69, 9.17) is 16.3 Å². The molecule has 0 unspecified atom stereocenters. The quantitative estimate of drug-likeness (QED) is 0.792. The van der Waals surface area contributed by atoms with Gasteiger partial charge in [0.15, 0.2) is 0 Å². The summed E-state index contributed by atoms with van der Waals surface area (Å²) in [6.45, 7) is 0.428. The third-order valence-electron chi connectivity index (χ3n) is 4.10. The first-order valence-electron chi connectivity index (χ1n) is 7.13. The van der Waals surface area contributed by atoms with E-state index in [9.17, 15) is 14.7 Å². The van der Waals surface area contributed by atoms with Crippen LogP contribution in [0.3, 0.4) is 0 Å². The van der Waals surface area contributed by atoms with Gasteiger partial charge in [-0.2, -0.15) is 0 Å². The van der Waals surface area contributed by atoms with Gasteiger partial charge in [-0.25, -0.2) is 0 Å². The van der Waals surface area contributed by atoms with Crippen LogP contribution in [0, 0.1) is 11.8 Å². The predicted octanol–water partition coefficient (Wildman–Crippen LogP) is 0.318. The van der Waals surface area contributed by atoms with Gasteiger partial charge in [0.2, 0.25) is 5.91 Å². The number of carboxylic acids is 1. The van der Waals surface area contributed by atoms with E-state index >= 15 is 0 Å². The number of aliphatic carboxylic acids is 1. The number of hydrogen-bond acceptors (Lipinski definition) is 4. The third kappa shape index (κ3) is 2.87. The zero-order chi connectivity index (χ0) is 15.7. The Kier molecular flexibility index (Phi) is 4.18. The lowest BCUT2D eigenvalue weighted by Crippen LogP contribution is -2.47. The van der Waals surface area contributed by atoms with Crippen LogP contribution in [0.15, 0.2) is 36.4 Å². The molecule has 5 nitrogen and oxygen atoms in total. The Bertz CT molecular complexity index is 613. The van der Waals surface area contributed by atoms with Crippen LogP contribution in [-0.4, -0.2) is 30.6 Å². The minimum absolute atomic E-state index is 0.306. The van der Waals surface area contributed by atoms with Crippen molar-refractivity contribution in [2.24, 2.45) is 11.8 Å². The molecule has 1 amide bonds. The summed E-state index contributed by atoms with van der Waals surface area (Å²) >= 11 is 5.81. The van der Waals surface area contributed by atoms with Gasteiger partial charge in [0.05, 0.1) is 18.1 Å². The highest BCUT2D eigenvalue weighted by atomic mass is 35.5. The number of amides is 1. The third-order valence-corrected chi connectivity index (χ3v) is 4.35. The molecule has 4 atom stereocenters. The number of nitrogens with one attached hydrogen (secondary N) is 1. The van der Waals surface area contributed by atoms with Gasteiger partial charge in [0, 0.05) is 23.5 Å². The van der Waals surface area contributed by atoms with Gasteiger partial charge in [0.25, 0.3) is 0 Å². The molecular weight excluding hydrogens is 306 g/mol. The van der Waals surface area contributed by atoms with E-state index in [1.807, 2.05) is 12.1 Å². The number of fused-ring (bicyclic) bond motifs is 2. The first-order valence-corrected chi connectivity index (χ1v) is 7.51. The second-order valence-corrected chi connectivity index (χ2v) is 5.92. The van der Waals surface area contributed by atoms with Crippen molar-refractivity contribution in [1.82, 2.24) is 5.32 Å². The van der Waals surface area contributed by atoms with E-state index < -0.39 is 30.0 Å². The lowest BCUT2D eigenvalue weighted by atomic mass is 9.82. The number of halogens is 1. The molecular formula is C16H15ClNO4-. The molecule has 3 rings (SSSR count). The van der Waals surface area contributed by atoms with Gasteiger partial charge in [-0.15, -0.1) is 0 Å². The minimum atomic E-state index is -1.24. The van der Waals surface area contributed by atoms with Crippen LogP contribution >= 0.6 is 11.6 Å². The lowest BCUT2D eigenvalue weighted by Gasteiger charge is -2.24. The predicted molar refractivity (Wildman–Crippen MR) is 78.0 cm³/mol. The first-order chi connectivity index (χ1) is 10.6. The SMILES string of the molecule is O=C([O-])[C@@H]1[C@H](C(=O)NCCc2ccc(Cl)cc2)[C@H]2C=C[C@@H]1O2. The second-order valence-electron chi connectivity index (χ2n) is 5.49. The van der Waals surface area contributed by atoms with Crippen LogP contribution in [0.5, 0.6) is 0 Å². The number of carboxylic acid groups (broad SMARTS) is 1. The van der Waals surface area contributed by atoms with E-state index in [1.54, 1.807) is 24.3 Å². The zero-order valence-electron chi connectivity index (χ0n) is 11.7. The average molecular weight is 321 g/mol. The molecule has 2 bridgehead atoms. The average Bonchev–Trinajstić information content (AvgIpc) is 3.09. The normalized spacial score (nSPS) is 28.8. The fourth-order valence-electron chi connectivity index (χ4n) is 3.00. The van der Waals surface area contributed by atoms with Crippen LogP contribution in [0.25, 0.3) is 0 Å². The van der Waals surface area contributed by atoms with Crippen molar-refractivity contribution in [2.45, 2.75) is 18.6 Å². The number of benzene rings is 1. The number of hydrogen-bond donors (Lipinski definition) is 1. The number of carbonyl (C=O) groups excluding carboxylic acids is 2. The van der Waals surface area contributed by atoms with Crippen molar-refractivity contribution in [3.05, 3.63) is 47.0 Å². The molecule has 116 valence electrons. The van der Waals surface area contributed by atoms with E-state index in [0.717, 1.165) is 5.56 Å². The maximum Gasteiger partial charge on any atom is 0.226 e. The molecule has 1 N–H and O–H groups in total. The molecule has 0 radical (unpaired) electrons. The summed E-state index contributed by atoms with van der Waals surface area (Å²) in [5.41, 5.74) is 1.05. The molecule has 2 aliphatic heterocycles. The molecule has 2 aliphatic rings. The van der Waals surface area contributed by atoms with Crippen LogP contribution in [0.2, 0.25) is 5.02 Å². The fraction of sp³-hybridized carbons (Fsp3) is 0.375. The van der Waals surface area contributed by atoms with Crippen molar-refractivity contribution < 1.29 is 19.4 Å². The number of rotatable bonds is 5. The van der Waals surface area contributed by atoms with Gasteiger partial charge in [-0.1, -0.05) is 35.9 Å². The molecule has 1 fully saturated rings. The van der Waals surface area contributed by atoms with Gasteiger partial charge in [-0.3, -0.25) is 4.79 Å². The molecule has 2 heterocycles. The Morgan fingerprint density at radius 1 is 1.14 bits per heavy atom. The van der Waals surface area contributed by atoms with Crippen molar-refractivity contribution in [3.63, 3.8) is 0 Å². The van der Waals surface area contributed by atoms with Crippen molar-refractivity contribution >= 4 is 23.5 Å². The Labute approximate surface area is 132 Å². The molecule has 1 saturated heterocycles. The molecule has 6 heteroatoms. The zero-order valence-corrected chi connectivity index (χ0v) is 12.5. The van der Waals surface area contributed by atoms with Gasteiger partial charge < -0.3 is 20.0 Å². The van der Waals surface area contributed by atoms with Crippen LogP contribution in [0.1, 0.15) is 5.56 Å². The molecule has 0 spiro atoms. The smallest absolute Gasteiger partial charge is 0.226 e. The molecule has 22 heavy (non-hydrogen) atoms. The molecule has 1 aromatic rings. The summed E-state index contributed by atoms with van der Waals surface area (Å²) < 4.78 is 5.45. The first kappa shape index (κ1) is 15.1.